The molecule has 0 unspecified atom stereocenters. The van der Waals surface area contributed by atoms with Crippen LogP contribution in [0, 0.1) is 11.5 Å². The van der Waals surface area contributed by atoms with E-state index in [1.807, 2.05) is 32.2 Å². The minimum atomic E-state index is 0.127. The molecule has 1 aliphatic heterocycles. The van der Waals surface area contributed by atoms with Gasteiger partial charge in [-0.1, -0.05) is 0 Å². The number of aliphatic imine (C=N–C) groups is 1. The van der Waals surface area contributed by atoms with Crippen LogP contribution in [-0.4, -0.2) is 37.7 Å². The zero-order chi connectivity index (χ0) is 16.1. The Kier molecular flexibility index (Phi) is 5.10. The molecule has 0 amide bonds. The van der Waals surface area contributed by atoms with Crippen molar-refractivity contribution >= 4 is 5.96 Å². The summed E-state index contributed by atoms with van der Waals surface area (Å²) < 4.78 is 10.7. The van der Waals surface area contributed by atoms with E-state index in [-0.39, 0.29) is 6.04 Å². The predicted octanol–water partition coefficient (Wildman–Crippen LogP) is 1.90. The molecule has 0 aromatic heterocycles. The summed E-state index contributed by atoms with van der Waals surface area (Å²) in [6, 6.07) is 4.16. The van der Waals surface area contributed by atoms with Crippen molar-refractivity contribution in [2.45, 2.75) is 32.9 Å². The van der Waals surface area contributed by atoms with Crippen LogP contribution in [0.3, 0.4) is 0 Å². The van der Waals surface area contributed by atoms with Gasteiger partial charge in [0.25, 0.3) is 0 Å². The fraction of sp³-hybridized carbons (Fsp3) is 0.500. The summed E-state index contributed by atoms with van der Waals surface area (Å²) >= 11 is 0. The van der Waals surface area contributed by atoms with E-state index >= 15 is 0 Å². The van der Waals surface area contributed by atoms with E-state index in [0.717, 1.165) is 24.5 Å². The van der Waals surface area contributed by atoms with Gasteiger partial charge in [0.15, 0.2) is 17.7 Å². The second kappa shape index (κ2) is 7.03. The first kappa shape index (κ1) is 16.0. The Morgan fingerprint density at radius 2 is 1.91 bits per heavy atom. The number of fused-ring (bicyclic) bond motifs is 1. The maximum absolute atomic E-state index is 8.92. The predicted molar refractivity (Wildman–Crippen MR) is 85.0 cm³/mol. The van der Waals surface area contributed by atoms with Crippen LogP contribution in [0.5, 0.6) is 11.5 Å². The highest BCUT2D eigenvalue weighted by Crippen LogP contribution is 2.33. The molecule has 6 nitrogen and oxygen atoms in total. The molecule has 0 spiro atoms. The van der Waals surface area contributed by atoms with Gasteiger partial charge in [-0.2, -0.15) is 5.26 Å². The highest BCUT2D eigenvalue weighted by atomic mass is 16.5. The molecule has 22 heavy (non-hydrogen) atoms. The molecule has 0 fully saturated rings. The van der Waals surface area contributed by atoms with Crippen molar-refractivity contribution in [3.63, 3.8) is 0 Å². The van der Waals surface area contributed by atoms with Crippen LogP contribution < -0.4 is 14.8 Å². The number of nitrogens with zero attached hydrogens (tertiary/aromatic N) is 3. The second-order valence-corrected chi connectivity index (χ2v) is 5.43. The minimum Gasteiger partial charge on any atom is -0.493 e. The van der Waals surface area contributed by atoms with Crippen LogP contribution in [0.4, 0.5) is 0 Å². The van der Waals surface area contributed by atoms with Gasteiger partial charge in [-0.15, -0.1) is 0 Å². The largest absolute Gasteiger partial charge is 0.493 e. The summed E-state index contributed by atoms with van der Waals surface area (Å²) in [6.45, 7) is 5.48. The number of guanidine groups is 1. The average Bonchev–Trinajstić information content (AvgIpc) is 2.52. The molecule has 0 bridgehead atoms. The van der Waals surface area contributed by atoms with E-state index in [0.29, 0.717) is 12.5 Å². The van der Waals surface area contributed by atoms with Crippen LogP contribution in [0.25, 0.3) is 0 Å². The van der Waals surface area contributed by atoms with Crippen LogP contribution in [0.1, 0.15) is 25.0 Å². The number of methoxy groups -OCH3 is 2. The fourth-order valence-corrected chi connectivity index (χ4v) is 2.55. The number of benzene rings is 1. The maximum atomic E-state index is 8.92. The van der Waals surface area contributed by atoms with Crippen molar-refractivity contribution in [2.24, 2.45) is 4.99 Å². The Balaban J connectivity index is 2.29. The van der Waals surface area contributed by atoms with Gasteiger partial charge < -0.3 is 14.4 Å². The van der Waals surface area contributed by atoms with Crippen LogP contribution in [0.15, 0.2) is 17.1 Å². The van der Waals surface area contributed by atoms with Crippen molar-refractivity contribution in [2.75, 3.05) is 20.8 Å². The standard InChI is InChI=1S/C16H22N4O2/c1-11(2)19-16(18-10-17)20-6-5-12-7-14(21-3)15(22-4)8-13(12)9-20/h7-8,11H,5-6,9H2,1-4H3,(H,18,19). The zero-order valence-corrected chi connectivity index (χ0v) is 13.5. The third kappa shape index (κ3) is 3.42. The van der Waals surface area contributed by atoms with Crippen molar-refractivity contribution in [1.29, 1.82) is 5.26 Å². The van der Waals surface area contributed by atoms with Crippen molar-refractivity contribution < 1.29 is 9.47 Å². The van der Waals surface area contributed by atoms with E-state index in [2.05, 4.69) is 15.2 Å². The highest BCUT2D eigenvalue weighted by molar-refractivity contribution is 5.81. The lowest BCUT2D eigenvalue weighted by atomic mass is 9.99. The van der Waals surface area contributed by atoms with Gasteiger partial charge in [0, 0.05) is 19.1 Å². The van der Waals surface area contributed by atoms with Crippen molar-refractivity contribution in [1.82, 2.24) is 10.2 Å². The SMILES string of the molecule is COc1cc2c(cc1OC)CN(C(=NC(C)C)NC#N)CC2. The average molecular weight is 302 g/mol. The van der Waals surface area contributed by atoms with Gasteiger partial charge >= 0.3 is 0 Å². The monoisotopic (exact) mass is 302 g/mol. The van der Waals surface area contributed by atoms with Gasteiger partial charge in [-0.3, -0.25) is 5.32 Å². The normalized spacial score (nSPS) is 14.4. The molecule has 6 heteroatoms. The minimum absolute atomic E-state index is 0.127. The molecular weight excluding hydrogens is 280 g/mol. The molecule has 0 atom stereocenters. The Bertz CT molecular complexity index is 605. The molecule has 0 aliphatic carbocycles. The zero-order valence-electron chi connectivity index (χ0n) is 13.5. The van der Waals surface area contributed by atoms with E-state index in [4.69, 9.17) is 14.7 Å². The van der Waals surface area contributed by atoms with Crippen LogP contribution >= 0.6 is 0 Å². The molecule has 118 valence electrons. The van der Waals surface area contributed by atoms with Gasteiger partial charge in [0.1, 0.15) is 0 Å². The maximum Gasteiger partial charge on any atom is 0.207 e. The highest BCUT2D eigenvalue weighted by Gasteiger charge is 2.22. The molecule has 1 heterocycles. The Hall–Kier alpha value is -2.42. The smallest absolute Gasteiger partial charge is 0.207 e. The molecule has 1 aromatic carbocycles. The first-order valence-corrected chi connectivity index (χ1v) is 7.30. The number of rotatable bonds is 3. The second-order valence-electron chi connectivity index (χ2n) is 5.43. The number of ether oxygens (including phenoxy) is 2. The van der Waals surface area contributed by atoms with Crippen molar-refractivity contribution in [3.8, 4) is 17.7 Å². The van der Waals surface area contributed by atoms with Crippen molar-refractivity contribution in [3.05, 3.63) is 23.3 Å². The van der Waals surface area contributed by atoms with E-state index in [1.165, 1.54) is 11.1 Å². The Labute approximate surface area is 131 Å². The number of nitriles is 1. The summed E-state index contributed by atoms with van der Waals surface area (Å²) in [5, 5.41) is 11.6. The van der Waals surface area contributed by atoms with Gasteiger partial charge in [-0.05, 0) is 43.5 Å². The fourth-order valence-electron chi connectivity index (χ4n) is 2.55. The Morgan fingerprint density at radius 1 is 1.27 bits per heavy atom. The van der Waals surface area contributed by atoms with Gasteiger partial charge in [-0.25, -0.2) is 4.99 Å². The Morgan fingerprint density at radius 3 is 2.45 bits per heavy atom. The number of hydrogen-bond donors (Lipinski definition) is 1. The molecule has 1 aliphatic rings. The molecule has 1 N–H and O–H groups in total. The number of hydrogen-bond acceptors (Lipinski definition) is 4. The van der Waals surface area contributed by atoms with E-state index in [9.17, 15) is 0 Å². The van der Waals surface area contributed by atoms with Crippen LogP contribution in [0.2, 0.25) is 0 Å². The van der Waals surface area contributed by atoms with E-state index < -0.39 is 0 Å². The topological polar surface area (TPSA) is 69.9 Å². The first-order chi connectivity index (χ1) is 10.6. The first-order valence-electron chi connectivity index (χ1n) is 7.30. The number of nitrogens with one attached hydrogen (secondary N) is 1. The van der Waals surface area contributed by atoms with Crippen LogP contribution in [-0.2, 0) is 13.0 Å². The quantitative estimate of drug-likeness (QED) is 0.400. The molecule has 0 radical (unpaired) electrons. The molecule has 2 rings (SSSR count). The summed E-state index contributed by atoms with van der Waals surface area (Å²) in [7, 11) is 3.28. The summed E-state index contributed by atoms with van der Waals surface area (Å²) in [4.78, 5) is 6.57. The molecule has 0 saturated carbocycles. The molecular formula is C16H22N4O2. The lowest BCUT2D eigenvalue weighted by Crippen LogP contribution is -2.42. The lowest BCUT2D eigenvalue weighted by molar-refractivity contribution is 0.346. The molecule has 0 saturated heterocycles. The summed E-state index contributed by atoms with van der Waals surface area (Å²) in [5.74, 6) is 2.09. The van der Waals surface area contributed by atoms with Gasteiger partial charge in [0.2, 0.25) is 5.96 Å². The third-order valence-electron chi connectivity index (χ3n) is 3.57. The summed E-state index contributed by atoms with van der Waals surface area (Å²) in [6.07, 6.45) is 2.84. The lowest BCUT2D eigenvalue weighted by Gasteiger charge is -2.31. The summed E-state index contributed by atoms with van der Waals surface area (Å²) in [5.41, 5.74) is 2.41. The third-order valence-corrected chi connectivity index (χ3v) is 3.57. The molecule has 1 aromatic rings. The van der Waals surface area contributed by atoms with E-state index in [1.54, 1.807) is 14.2 Å². The van der Waals surface area contributed by atoms with Gasteiger partial charge in [0.05, 0.1) is 14.2 Å².